The van der Waals surface area contributed by atoms with Gasteiger partial charge in [-0.15, -0.1) is 12.4 Å². The average molecular weight is 250 g/mol. The standard InChI is InChI=1S/C10H19N3O2.ClH/c1-3-13-7-8(6-9(13)14)10(15)12-5-4-11-2;/h8,11H,3-7H2,1-2H3,(H,12,15);1H. The minimum absolute atomic E-state index is 0. The number of carbonyl (C=O) groups excluding carboxylic acids is 2. The maximum absolute atomic E-state index is 11.6. The van der Waals surface area contributed by atoms with Crippen molar-refractivity contribution in [3.8, 4) is 0 Å². The monoisotopic (exact) mass is 249 g/mol. The summed E-state index contributed by atoms with van der Waals surface area (Å²) in [7, 11) is 1.84. The predicted molar refractivity (Wildman–Crippen MR) is 64.5 cm³/mol. The van der Waals surface area contributed by atoms with Gasteiger partial charge in [-0.3, -0.25) is 9.59 Å². The molecule has 0 spiro atoms. The Morgan fingerprint density at radius 3 is 2.69 bits per heavy atom. The summed E-state index contributed by atoms with van der Waals surface area (Å²) in [5, 5.41) is 5.76. The molecule has 1 saturated heterocycles. The largest absolute Gasteiger partial charge is 0.355 e. The van der Waals surface area contributed by atoms with Crippen molar-refractivity contribution in [3.05, 3.63) is 0 Å². The molecule has 0 saturated carbocycles. The van der Waals surface area contributed by atoms with Crippen LogP contribution in [0, 0.1) is 5.92 Å². The van der Waals surface area contributed by atoms with Crippen molar-refractivity contribution >= 4 is 24.2 Å². The van der Waals surface area contributed by atoms with Gasteiger partial charge in [-0.2, -0.15) is 0 Å². The van der Waals surface area contributed by atoms with E-state index in [0.717, 1.165) is 6.54 Å². The van der Waals surface area contributed by atoms with Crippen molar-refractivity contribution in [2.75, 3.05) is 33.2 Å². The van der Waals surface area contributed by atoms with Gasteiger partial charge >= 0.3 is 0 Å². The van der Waals surface area contributed by atoms with Crippen molar-refractivity contribution in [2.24, 2.45) is 5.92 Å². The minimum atomic E-state index is -0.158. The lowest BCUT2D eigenvalue weighted by atomic mass is 10.1. The van der Waals surface area contributed by atoms with E-state index in [9.17, 15) is 9.59 Å². The molecule has 1 unspecified atom stereocenters. The van der Waals surface area contributed by atoms with E-state index >= 15 is 0 Å². The molecule has 1 fully saturated rings. The number of hydrogen-bond donors (Lipinski definition) is 2. The highest BCUT2D eigenvalue weighted by atomic mass is 35.5. The van der Waals surface area contributed by atoms with Crippen LogP contribution in [0.5, 0.6) is 0 Å². The quantitative estimate of drug-likeness (QED) is 0.653. The fraction of sp³-hybridized carbons (Fsp3) is 0.800. The van der Waals surface area contributed by atoms with E-state index in [1.807, 2.05) is 14.0 Å². The van der Waals surface area contributed by atoms with Gasteiger partial charge in [-0.05, 0) is 14.0 Å². The van der Waals surface area contributed by atoms with Crippen molar-refractivity contribution < 1.29 is 9.59 Å². The van der Waals surface area contributed by atoms with Crippen LogP contribution in [-0.4, -0.2) is 49.9 Å². The smallest absolute Gasteiger partial charge is 0.225 e. The maximum Gasteiger partial charge on any atom is 0.225 e. The predicted octanol–water partition coefficient (Wildman–Crippen LogP) is -0.388. The van der Waals surface area contributed by atoms with Crippen LogP contribution in [0.25, 0.3) is 0 Å². The lowest BCUT2D eigenvalue weighted by molar-refractivity contribution is -0.128. The zero-order valence-corrected chi connectivity index (χ0v) is 10.6. The first-order chi connectivity index (χ1) is 7.19. The summed E-state index contributed by atoms with van der Waals surface area (Å²) in [5.74, 6) is -0.0740. The zero-order chi connectivity index (χ0) is 11.3. The fourth-order valence-electron chi connectivity index (χ4n) is 1.71. The molecule has 0 radical (unpaired) electrons. The maximum atomic E-state index is 11.6. The van der Waals surface area contributed by atoms with E-state index in [1.165, 1.54) is 0 Å². The summed E-state index contributed by atoms with van der Waals surface area (Å²) in [6.07, 6.45) is 0.360. The van der Waals surface area contributed by atoms with E-state index in [1.54, 1.807) is 4.90 Å². The van der Waals surface area contributed by atoms with Gasteiger partial charge < -0.3 is 15.5 Å². The SMILES string of the molecule is CCN1CC(C(=O)NCCNC)CC1=O.Cl. The zero-order valence-electron chi connectivity index (χ0n) is 9.78. The highest BCUT2D eigenvalue weighted by Crippen LogP contribution is 2.16. The number of nitrogens with zero attached hydrogens (tertiary/aromatic N) is 1. The second-order valence-electron chi connectivity index (χ2n) is 3.73. The van der Waals surface area contributed by atoms with Crippen LogP contribution < -0.4 is 10.6 Å². The van der Waals surface area contributed by atoms with Gasteiger partial charge in [0, 0.05) is 32.6 Å². The van der Waals surface area contributed by atoms with E-state index in [-0.39, 0.29) is 30.1 Å². The number of carbonyl (C=O) groups is 2. The van der Waals surface area contributed by atoms with Gasteiger partial charge in [-0.1, -0.05) is 0 Å². The number of hydrogen-bond acceptors (Lipinski definition) is 3. The van der Waals surface area contributed by atoms with Crippen molar-refractivity contribution in [1.82, 2.24) is 15.5 Å². The van der Waals surface area contributed by atoms with Crippen molar-refractivity contribution in [2.45, 2.75) is 13.3 Å². The van der Waals surface area contributed by atoms with Crippen LogP contribution in [0.1, 0.15) is 13.3 Å². The Hall–Kier alpha value is -0.810. The minimum Gasteiger partial charge on any atom is -0.355 e. The van der Waals surface area contributed by atoms with Gasteiger partial charge in [0.05, 0.1) is 5.92 Å². The highest BCUT2D eigenvalue weighted by molar-refractivity contribution is 5.89. The van der Waals surface area contributed by atoms with Crippen LogP contribution in [-0.2, 0) is 9.59 Å². The van der Waals surface area contributed by atoms with E-state index < -0.39 is 0 Å². The summed E-state index contributed by atoms with van der Waals surface area (Å²) in [6.45, 7) is 4.56. The number of halogens is 1. The molecule has 94 valence electrons. The van der Waals surface area contributed by atoms with Gasteiger partial charge in [0.1, 0.15) is 0 Å². The highest BCUT2D eigenvalue weighted by Gasteiger charge is 2.32. The lowest BCUT2D eigenvalue weighted by Gasteiger charge is -2.13. The molecule has 0 aromatic rings. The summed E-state index contributed by atoms with van der Waals surface area (Å²) in [5.41, 5.74) is 0. The van der Waals surface area contributed by atoms with Gasteiger partial charge in [-0.25, -0.2) is 0 Å². The van der Waals surface area contributed by atoms with E-state index in [4.69, 9.17) is 0 Å². The first-order valence-electron chi connectivity index (χ1n) is 5.39. The van der Waals surface area contributed by atoms with Gasteiger partial charge in [0.15, 0.2) is 0 Å². The Labute approximate surface area is 102 Å². The number of likely N-dealkylation sites (N-methyl/N-ethyl adjacent to an activating group) is 1. The molecule has 0 aromatic carbocycles. The molecule has 6 heteroatoms. The summed E-state index contributed by atoms with van der Waals surface area (Å²) in [6, 6.07) is 0. The van der Waals surface area contributed by atoms with E-state index in [0.29, 0.717) is 26.1 Å². The number of rotatable bonds is 5. The fourth-order valence-corrected chi connectivity index (χ4v) is 1.71. The Kier molecular flexibility index (Phi) is 7.08. The Bertz CT molecular complexity index is 248. The van der Waals surface area contributed by atoms with Crippen LogP contribution in [0.2, 0.25) is 0 Å². The molecule has 0 aromatic heterocycles. The summed E-state index contributed by atoms with van der Waals surface area (Å²) in [4.78, 5) is 24.7. The summed E-state index contributed by atoms with van der Waals surface area (Å²) < 4.78 is 0. The lowest BCUT2D eigenvalue weighted by Crippen LogP contribution is -2.36. The third-order valence-corrected chi connectivity index (χ3v) is 2.64. The third kappa shape index (κ3) is 3.98. The topological polar surface area (TPSA) is 61.4 Å². The molecule has 1 aliphatic rings. The van der Waals surface area contributed by atoms with Crippen molar-refractivity contribution in [1.29, 1.82) is 0 Å². The number of amides is 2. The first-order valence-corrected chi connectivity index (χ1v) is 5.39. The van der Waals surface area contributed by atoms with Crippen LogP contribution in [0.15, 0.2) is 0 Å². The molecular weight excluding hydrogens is 230 g/mol. The van der Waals surface area contributed by atoms with Crippen LogP contribution >= 0.6 is 12.4 Å². The molecule has 16 heavy (non-hydrogen) atoms. The first kappa shape index (κ1) is 15.2. The molecule has 2 N–H and O–H groups in total. The molecule has 1 aliphatic heterocycles. The van der Waals surface area contributed by atoms with Gasteiger partial charge in [0.2, 0.25) is 11.8 Å². The second kappa shape index (κ2) is 7.46. The van der Waals surface area contributed by atoms with Crippen LogP contribution in [0.4, 0.5) is 0 Å². The Morgan fingerprint density at radius 2 is 2.19 bits per heavy atom. The van der Waals surface area contributed by atoms with Gasteiger partial charge in [0.25, 0.3) is 0 Å². The molecule has 0 aliphatic carbocycles. The normalized spacial score (nSPS) is 19.5. The molecule has 1 heterocycles. The van der Waals surface area contributed by atoms with E-state index in [2.05, 4.69) is 10.6 Å². The molecule has 5 nitrogen and oxygen atoms in total. The number of nitrogens with one attached hydrogen (secondary N) is 2. The molecular formula is C10H20ClN3O2. The summed E-state index contributed by atoms with van der Waals surface area (Å²) >= 11 is 0. The Morgan fingerprint density at radius 1 is 1.50 bits per heavy atom. The average Bonchev–Trinajstić information content (AvgIpc) is 2.60. The second-order valence-corrected chi connectivity index (χ2v) is 3.73. The van der Waals surface area contributed by atoms with Crippen LogP contribution in [0.3, 0.4) is 0 Å². The number of likely N-dealkylation sites (tertiary alicyclic amines) is 1. The molecule has 1 atom stereocenters. The molecule has 2 amide bonds. The Balaban J connectivity index is 0.00000225. The molecule has 1 rings (SSSR count). The van der Waals surface area contributed by atoms with Crippen molar-refractivity contribution in [3.63, 3.8) is 0 Å². The third-order valence-electron chi connectivity index (χ3n) is 2.64. The molecule has 0 bridgehead atoms.